The highest BCUT2D eigenvalue weighted by Crippen LogP contribution is 2.17. The normalized spacial score (nSPS) is 10.0. The third-order valence-electron chi connectivity index (χ3n) is 3.06. The second-order valence-electron chi connectivity index (χ2n) is 4.76. The summed E-state index contributed by atoms with van der Waals surface area (Å²) in [6.07, 6.45) is 0. The summed E-state index contributed by atoms with van der Waals surface area (Å²) in [5.74, 6) is 0. The molecule has 0 heterocycles. The molecule has 96 valence electrons. The van der Waals surface area contributed by atoms with Crippen LogP contribution in [0, 0.1) is 27.7 Å². The van der Waals surface area contributed by atoms with E-state index >= 15 is 0 Å². The van der Waals surface area contributed by atoms with Crippen LogP contribution in [-0.4, -0.2) is 5.48 Å². The van der Waals surface area contributed by atoms with E-state index in [1.54, 1.807) is 0 Å². The van der Waals surface area contributed by atoms with E-state index in [-0.39, 0.29) is 5.48 Å². The zero-order valence-corrected chi connectivity index (χ0v) is 12.5. The van der Waals surface area contributed by atoms with Crippen molar-refractivity contribution in [2.45, 2.75) is 27.7 Å². The maximum atomic E-state index is 2.32. The molecule has 0 unspecified atom stereocenters. The van der Waals surface area contributed by atoms with E-state index in [1.165, 1.54) is 32.9 Å². The Hall–Kier alpha value is -1.17. The van der Waals surface area contributed by atoms with Gasteiger partial charge in [0, 0.05) is 0 Å². The average Bonchev–Trinajstić information content (AvgIpc) is 2.28. The summed E-state index contributed by atoms with van der Waals surface area (Å²) in [5.41, 5.74) is 5.50. The molecule has 0 aliphatic carbocycles. The Kier molecular flexibility index (Phi) is 5.07. The van der Waals surface area contributed by atoms with E-state index < -0.39 is 0 Å². The molecule has 0 bridgehead atoms. The minimum atomic E-state index is 0. The van der Waals surface area contributed by atoms with Crippen LogP contribution in [0.15, 0.2) is 36.4 Å². The summed E-state index contributed by atoms with van der Waals surface area (Å²) in [6, 6.07) is 13.5. The number of hydrogen-bond acceptors (Lipinski definition) is 0. The van der Waals surface area contributed by atoms with Gasteiger partial charge in [-0.3, -0.25) is 0 Å². The number of benzene rings is 2. The molecule has 18 heavy (non-hydrogen) atoms. The average molecular weight is 260 g/mol. The molecule has 0 atom stereocenters. The lowest BCUT2D eigenvalue weighted by Crippen LogP contribution is -2.10. The zero-order valence-electron chi connectivity index (χ0n) is 11.5. The van der Waals surface area contributed by atoms with Crippen LogP contribution < -0.4 is 10.6 Å². The molecular formula is C16H21OP. The molecule has 0 aliphatic heterocycles. The minimum Gasteiger partial charge on any atom is -0.412 e. The van der Waals surface area contributed by atoms with Crippen molar-refractivity contribution in [1.29, 1.82) is 0 Å². The molecule has 2 aromatic carbocycles. The molecule has 0 saturated heterocycles. The molecule has 2 rings (SSSR count). The summed E-state index contributed by atoms with van der Waals surface area (Å²) in [7, 11) is 0.767. The molecule has 2 aromatic rings. The molecule has 1 nitrogen and oxygen atoms in total. The van der Waals surface area contributed by atoms with Crippen LogP contribution in [-0.2, 0) is 0 Å². The summed E-state index contributed by atoms with van der Waals surface area (Å²) >= 11 is 0. The predicted molar refractivity (Wildman–Crippen MR) is 83.0 cm³/mol. The van der Waals surface area contributed by atoms with Crippen LogP contribution in [0.4, 0.5) is 0 Å². The summed E-state index contributed by atoms with van der Waals surface area (Å²) < 4.78 is 0. The maximum Gasteiger partial charge on any atom is -0.0194 e. The third kappa shape index (κ3) is 3.41. The van der Waals surface area contributed by atoms with Crippen LogP contribution in [0.5, 0.6) is 0 Å². The van der Waals surface area contributed by atoms with Crippen molar-refractivity contribution < 1.29 is 5.48 Å². The second-order valence-corrected chi connectivity index (χ2v) is 6.09. The fourth-order valence-electron chi connectivity index (χ4n) is 1.89. The highest BCUT2D eigenvalue weighted by molar-refractivity contribution is 7.55. The van der Waals surface area contributed by atoms with Crippen molar-refractivity contribution in [3.05, 3.63) is 58.7 Å². The van der Waals surface area contributed by atoms with Crippen LogP contribution in [0.3, 0.4) is 0 Å². The van der Waals surface area contributed by atoms with Crippen molar-refractivity contribution >= 4 is 19.2 Å². The topological polar surface area (TPSA) is 31.5 Å². The SMILES string of the molecule is Cc1ccc(C)c(Pc2cc(C)ccc2C)c1.O. The largest absolute Gasteiger partial charge is 0.412 e. The quantitative estimate of drug-likeness (QED) is 0.744. The Morgan fingerprint density at radius 2 is 1.06 bits per heavy atom. The standard InChI is InChI=1S/C16H19P.H2O/c1-11-5-7-13(3)15(9-11)17-16-10-12(2)6-8-14(16)4;/h5-10,17H,1-4H3;1H2. The minimum absolute atomic E-state index is 0. The van der Waals surface area contributed by atoms with Gasteiger partial charge >= 0.3 is 0 Å². The number of rotatable bonds is 2. The Morgan fingerprint density at radius 1 is 0.667 bits per heavy atom. The maximum absolute atomic E-state index is 2.32. The first-order valence-electron chi connectivity index (χ1n) is 5.98. The van der Waals surface area contributed by atoms with Crippen LogP contribution in [0.2, 0.25) is 0 Å². The van der Waals surface area contributed by atoms with E-state index in [1.807, 2.05) is 0 Å². The van der Waals surface area contributed by atoms with Gasteiger partial charge in [0.2, 0.25) is 0 Å². The lowest BCUT2D eigenvalue weighted by atomic mass is 10.2. The second kappa shape index (κ2) is 6.13. The monoisotopic (exact) mass is 260 g/mol. The molecular weight excluding hydrogens is 239 g/mol. The van der Waals surface area contributed by atoms with Gasteiger partial charge in [-0.2, -0.15) is 0 Å². The van der Waals surface area contributed by atoms with Gasteiger partial charge in [0.15, 0.2) is 0 Å². The third-order valence-corrected chi connectivity index (χ3v) is 4.67. The molecule has 0 radical (unpaired) electrons. The summed E-state index contributed by atoms with van der Waals surface area (Å²) in [6.45, 7) is 8.73. The highest BCUT2D eigenvalue weighted by atomic mass is 31.1. The lowest BCUT2D eigenvalue weighted by Gasteiger charge is -2.10. The van der Waals surface area contributed by atoms with Crippen LogP contribution in [0.25, 0.3) is 0 Å². The van der Waals surface area contributed by atoms with Gasteiger partial charge in [0.05, 0.1) is 0 Å². The molecule has 0 saturated carbocycles. The van der Waals surface area contributed by atoms with Crippen molar-refractivity contribution in [2.24, 2.45) is 0 Å². The van der Waals surface area contributed by atoms with Gasteiger partial charge in [-0.05, 0) is 49.4 Å². The molecule has 0 spiro atoms. The molecule has 2 heteroatoms. The number of hydrogen-bond donors (Lipinski definition) is 0. The highest BCUT2D eigenvalue weighted by Gasteiger charge is 2.03. The first-order valence-corrected chi connectivity index (χ1v) is 6.98. The van der Waals surface area contributed by atoms with Crippen molar-refractivity contribution in [1.82, 2.24) is 0 Å². The lowest BCUT2D eigenvalue weighted by molar-refractivity contribution is 0.824. The first-order chi connectivity index (χ1) is 8.06. The predicted octanol–water partition coefficient (Wildman–Crippen LogP) is 2.72. The molecule has 2 N–H and O–H groups in total. The van der Waals surface area contributed by atoms with Gasteiger partial charge < -0.3 is 5.48 Å². The van der Waals surface area contributed by atoms with Gasteiger partial charge in [-0.15, -0.1) is 0 Å². The Labute approximate surface area is 111 Å². The fourth-order valence-corrected chi connectivity index (χ4v) is 3.34. The number of aryl methyl sites for hydroxylation is 4. The van der Waals surface area contributed by atoms with E-state index in [4.69, 9.17) is 0 Å². The van der Waals surface area contributed by atoms with Gasteiger partial charge in [0.1, 0.15) is 0 Å². The van der Waals surface area contributed by atoms with Crippen molar-refractivity contribution in [3.8, 4) is 0 Å². The van der Waals surface area contributed by atoms with E-state index in [2.05, 4.69) is 64.1 Å². The summed E-state index contributed by atoms with van der Waals surface area (Å²) in [4.78, 5) is 0. The summed E-state index contributed by atoms with van der Waals surface area (Å²) in [5, 5.41) is 2.94. The zero-order chi connectivity index (χ0) is 12.4. The van der Waals surface area contributed by atoms with Crippen molar-refractivity contribution in [2.75, 3.05) is 0 Å². The van der Waals surface area contributed by atoms with Gasteiger partial charge in [0.25, 0.3) is 0 Å². The fraction of sp³-hybridized carbons (Fsp3) is 0.250. The Balaban J connectivity index is 0.00000162. The Bertz CT molecular complexity index is 497. The first kappa shape index (κ1) is 14.9. The van der Waals surface area contributed by atoms with Crippen LogP contribution >= 0.6 is 8.58 Å². The Morgan fingerprint density at radius 3 is 1.44 bits per heavy atom. The molecule has 0 amide bonds. The van der Waals surface area contributed by atoms with Crippen molar-refractivity contribution in [3.63, 3.8) is 0 Å². The smallest absolute Gasteiger partial charge is 0.0194 e. The van der Waals surface area contributed by atoms with E-state index in [0.29, 0.717) is 0 Å². The van der Waals surface area contributed by atoms with E-state index in [0.717, 1.165) is 8.58 Å². The van der Waals surface area contributed by atoms with Gasteiger partial charge in [-0.25, -0.2) is 0 Å². The van der Waals surface area contributed by atoms with Gasteiger partial charge in [-0.1, -0.05) is 56.1 Å². The molecule has 0 fully saturated rings. The van der Waals surface area contributed by atoms with Crippen LogP contribution in [0.1, 0.15) is 22.3 Å². The molecule has 0 aliphatic rings. The molecule has 0 aromatic heterocycles. The van der Waals surface area contributed by atoms with E-state index in [9.17, 15) is 0 Å².